The van der Waals surface area contributed by atoms with E-state index >= 15 is 0 Å². The topological polar surface area (TPSA) is 47.9 Å². The molecule has 0 amide bonds. The summed E-state index contributed by atoms with van der Waals surface area (Å²) < 4.78 is 10.4. The molecule has 68 valence electrons. The predicted molar refractivity (Wildman–Crippen MR) is 46.8 cm³/mol. The minimum atomic E-state index is 0.137. The Bertz CT molecular complexity index is 349. The van der Waals surface area contributed by atoms with Crippen molar-refractivity contribution in [1.82, 2.24) is 0 Å². The van der Waals surface area contributed by atoms with Crippen LogP contribution in [0.2, 0.25) is 0 Å². The quantitative estimate of drug-likeness (QED) is 0.652. The molecule has 0 spiro atoms. The molecular formula is C9H9NO3. The van der Waals surface area contributed by atoms with E-state index in [1.807, 2.05) is 19.1 Å². The van der Waals surface area contributed by atoms with Gasteiger partial charge in [0.1, 0.15) is 6.54 Å². The Morgan fingerprint density at radius 1 is 1.46 bits per heavy atom. The fourth-order valence-corrected chi connectivity index (χ4v) is 1.39. The Labute approximate surface area is 75.4 Å². The molecule has 0 bridgehead atoms. The zero-order chi connectivity index (χ0) is 9.26. The van der Waals surface area contributed by atoms with Crippen molar-refractivity contribution in [3.05, 3.63) is 28.2 Å². The molecule has 4 heteroatoms. The molecule has 1 heterocycles. The highest BCUT2D eigenvalue weighted by Gasteiger charge is 2.18. The van der Waals surface area contributed by atoms with Gasteiger partial charge in [-0.2, -0.15) is 4.91 Å². The van der Waals surface area contributed by atoms with Gasteiger partial charge >= 0.3 is 0 Å². The van der Waals surface area contributed by atoms with Gasteiger partial charge in [0.05, 0.1) is 0 Å². The first-order chi connectivity index (χ1) is 6.33. The van der Waals surface area contributed by atoms with Crippen molar-refractivity contribution >= 4 is 0 Å². The largest absolute Gasteiger partial charge is 0.454 e. The highest BCUT2D eigenvalue weighted by atomic mass is 16.7. The van der Waals surface area contributed by atoms with Gasteiger partial charge in [-0.3, -0.25) is 0 Å². The van der Waals surface area contributed by atoms with E-state index in [0.29, 0.717) is 11.5 Å². The van der Waals surface area contributed by atoms with Crippen molar-refractivity contribution in [2.75, 3.05) is 6.79 Å². The van der Waals surface area contributed by atoms with Crippen molar-refractivity contribution in [1.29, 1.82) is 0 Å². The lowest BCUT2D eigenvalue weighted by Crippen LogP contribution is -1.95. The van der Waals surface area contributed by atoms with Crippen molar-refractivity contribution in [3.63, 3.8) is 0 Å². The first-order valence-electron chi connectivity index (χ1n) is 4.00. The van der Waals surface area contributed by atoms with E-state index < -0.39 is 0 Å². The molecule has 2 rings (SSSR count). The SMILES string of the molecule is Cc1ccc2c(c1CN=O)OCO2. The lowest BCUT2D eigenvalue weighted by molar-refractivity contribution is 0.173. The maximum atomic E-state index is 10.2. The van der Waals surface area contributed by atoms with Gasteiger partial charge in [-0.05, 0) is 18.6 Å². The van der Waals surface area contributed by atoms with Crippen molar-refractivity contribution in [2.24, 2.45) is 5.18 Å². The van der Waals surface area contributed by atoms with Crippen molar-refractivity contribution in [2.45, 2.75) is 13.5 Å². The molecule has 0 saturated carbocycles. The first-order valence-corrected chi connectivity index (χ1v) is 4.00. The summed E-state index contributed by atoms with van der Waals surface area (Å²) in [6.07, 6.45) is 0. The second-order valence-electron chi connectivity index (χ2n) is 2.88. The van der Waals surface area contributed by atoms with Crippen LogP contribution in [0.1, 0.15) is 11.1 Å². The second-order valence-corrected chi connectivity index (χ2v) is 2.88. The number of hydrogen-bond acceptors (Lipinski definition) is 4. The van der Waals surface area contributed by atoms with Crippen LogP contribution in [0.5, 0.6) is 11.5 Å². The van der Waals surface area contributed by atoms with Gasteiger partial charge < -0.3 is 9.47 Å². The normalized spacial score (nSPS) is 13.0. The number of nitroso groups, excluding NO2 is 1. The Kier molecular flexibility index (Phi) is 1.88. The van der Waals surface area contributed by atoms with Gasteiger partial charge in [0.2, 0.25) is 6.79 Å². The van der Waals surface area contributed by atoms with Crippen LogP contribution in [0.3, 0.4) is 0 Å². The summed E-state index contributed by atoms with van der Waals surface area (Å²) in [6.45, 7) is 2.28. The zero-order valence-corrected chi connectivity index (χ0v) is 7.24. The van der Waals surface area contributed by atoms with Crippen LogP contribution in [-0.2, 0) is 6.54 Å². The van der Waals surface area contributed by atoms with E-state index in [-0.39, 0.29) is 13.3 Å². The maximum absolute atomic E-state index is 10.2. The molecule has 13 heavy (non-hydrogen) atoms. The summed E-state index contributed by atoms with van der Waals surface area (Å²) in [4.78, 5) is 10.2. The number of nitrogens with zero attached hydrogens (tertiary/aromatic N) is 1. The number of rotatable bonds is 2. The smallest absolute Gasteiger partial charge is 0.231 e. The van der Waals surface area contributed by atoms with Gasteiger partial charge in [0, 0.05) is 5.56 Å². The minimum Gasteiger partial charge on any atom is -0.454 e. The number of ether oxygens (including phenoxy) is 2. The third-order valence-corrected chi connectivity index (χ3v) is 2.10. The fraction of sp³-hybridized carbons (Fsp3) is 0.333. The van der Waals surface area contributed by atoms with Crippen molar-refractivity contribution < 1.29 is 9.47 Å². The molecule has 0 fully saturated rings. The molecule has 1 aliphatic rings. The number of hydrogen-bond donors (Lipinski definition) is 0. The van der Waals surface area contributed by atoms with Gasteiger partial charge in [0.25, 0.3) is 0 Å². The minimum absolute atomic E-state index is 0.137. The molecule has 1 aliphatic heterocycles. The Morgan fingerprint density at radius 2 is 2.31 bits per heavy atom. The van der Waals surface area contributed by atoms with E-state index in [4.69, 9.17) is 9.47 Å². The molecule has 0 aromatic heterocycles. The van der Waals surface area contributed by atoms with Gasteiger partial charge in [0.15, 0.2) is 11.5 Å². The highest BCUT2D eigenvalue weighted by Crippen LogP contribution is 2.37. The zero-order valence-electron chi connectivity index (χ0n) is 7.24. The summed E-state index contributed by atoms with van der Waals surface area (Å²) in [5, 5.41) is 2.86. The lowest BCUT2D eigenvalue weighted by Gasteiger charge is -2.04. The number of fused-ring (bicyclic) bond motifs is 1. The summed E-state index contributed by atoms with van der Waals surface area (Å²) in [6, 6.07) is 3.74. The molecule has 1 aromatic carbocycles. The van der Waals surface area contributed by atoms with Crippen LogP contribution in [0, 0.1) is 11.8 Å². The van der Waals surface area contributed by atoms with Gasteiger partial charge in [-0.1, -0.05) is 11.2 Å². The van der Waals surface area contributed by atoms with Crippen molar-refractivity contribution in [3.8, 4) is 11.5 Å². The Hall–Kier alpha value is -1.58. The lowest BCUT2D eigenvalue weighted by atomic mass is 10.1. The average Bonchev–Trinajstić information content (AvgIpc) is 2.58. The summed E-state index contributed by atoms with van der Waals surface area (Å²) in [7, 11) is 0. The monoisotopic (exact) mass is 179 g/mol. The van der Waals surface area contributed by atoms with Crippen LogP contribution in [0.4, 0.5) is 0 Å². The molecular weight excluding hydrogens is 170 g/mol. The molecule has 0 radical (unpaired) electrons. The highest BCUT2D eigenvalue weighted by molar-refractivity contribution is 5.51. The second kappa shape index (κ2) is 3.05. The predicted octanol–water partition coefficient (Wildman–Crippen LogP) is 1.99. The number of benzene rings is 1. The molecule has 1 aromatic rings. The molecule has 4 nitrogen and oxygen atoms in total. The Morgan fingerprint density at radius 3 is 3.08 bits per heavy atom. The molecule has 0 saturated heterocycles. The van der Waals surface area contributed by atoms with Gasteiger partial charge in [-0.15, -0.1) is 0 Å². The fourth-order valence-electron chi connectivity index (χ4n) is 1.39. The van der Waals surface area contributed by atoms with Gasteiger partial charge in [-0.25, -0.2) is 0 Å². The Balaban J connectivity index is 2.51. The standard InChI is InChI=1S/C9H9NO3/c1-6-2-3-8-9(13-5-12-8)7(6)4-10-11/h2-3H,4-5H2,1H3. The van der Waals surface area contributed by atoms with Crippen LogP contribution in [0.15, 0.2) is 17.3 Å². The van der Waals surface area contributed by atoms with Crippen LogP contribution in [0.25, 0.3) is 0 Å². The third-order valence-electron chi connectivity index (χ3n) is 2.10. The first kappa shape index (κ1) is 8.04. The molecule has 0 atom stereocenters. The molecule has 0 aliphatic carbocycles. The van der Waals surface area contributed by atoms with Crippen LogP contribution >= 0.6 is 0 Å². The van der Waals surface area contributed by atoms with Crippen LogP contribution in [-0.4, -0.2) is 6.79 Å². The summed E-state index contributed by atoms with van der Waals surface area (Å²) in [5.74, 6) is 1.36. The summed E-state index contributed by atoms with van der Waals surface area (Å²) in [5.41, 5.74) is 1.83. The molecule has 0 N–H and O–H groups in total. The third kappa shape index (κ3) is 1.24. The van der Waals surface area contributed by atoms with E-state index in [1.165, 1.54) is 0 Å². The average molecular weight is 179 g/mol. The maximum Gasteiger partial charge on any atom is 0.231 e. The van der Waals surface area contributed by atoms with E-state index in [0.717, 1.165) is 11.1 Å². The van der Waals surface area contributed by atoms with E-state index in [1.54, 1.807) is 0 Å². The summed E-state index contributed by atoms with van der Waals surface area (Å²) >= 11 is 0. The van der Waals surface area contributed by atoms with E-state index in [9.17, 15) is 4.91 Å². The molecule has 0 unspecified atom stereocenters. The van der Waals surface area contributed by atoms with Crippen LogP contribution < -0.4 is 9.47 Å². The van der Waals surface area contributed by atoms with E-state index in [2.05, 4.69) is 5.18 Å². The number of aryl methyl sites for hydroxylation is 1.